The van der Waals surface area contributed by atoms with Crippen molar-refractivity contribution in [1.82, 2.24) is 0 Å². The molecule has 2 aromatic carbocycles. The highest BCUT2D eigenvalue weighted by molar-refractivity contribution is 7.80. The molecule has 0 unspecified atom stereocenters. The molecule has 0 aliphatic carbocycles. The molecule has 0 bridgehead atoms. The van der Waals surface area contributed by atoms with Crippen LogP contribution in [0.25, 0.3) is 11.1 Å². The molecule has 0 saturated carbocycles. The third-order valence-corrected chi connectivity index (χ3v) is 3.85. The minimum atomic E-state index is -4.30. The van der Waals surface area contributed by atoms with Crippen LogP contribution in [0.5, 0.6) is 0 Å². The number of thiocarbonyl (C=S) groups is 1. The fourth-order valence-corrected chi connectivity index (χ4v) is 2.63. The van der Waals surface area contributed by atoms with E-state index in [0.29, 0.717) is 0 Å². The Morgan fingerprint density at radius 3 is 2.24 bits per heavy atom. The predicted octanol–water partition coefficient (Wildman–Crippen LogP) is 5.06. The molecule has 0 aromatic heterocycles. The van der Waals surface area contributed by atoms with Gasteiger partial charge in [0.05, 0.1) is 10.6 Å². The van der Waals surface area contributed by atoms with Crippen molar-refractivity contribution in [3.05, 3.63) is 53.6 Å². The van der Waals surface area contributed by atoms with Crippen molar-refractivity contribution in [2.24, 2.45) is 0 Å². The Balaban J connectivity index is 1.92. The molecule has 0 radical (unpaired) electrons. The van der Waals surface area contributed by atoms with Gasteiger partial charge in [-0.3, -0.25) is 0 Å². The van der Waals surface area contributed by atoms with Crippen LogP contribution in [0.15, 0.2) is 42.5 Å². The largest absolute Gasteiger partial charge is 0.416 e. The average molecular weight is 307 g/mol. The van der Waals surface area contributed by atoms with Crippen molar-refractivity contribution >= 4 is 22.9 Å². The van der Waals surface area contributed by atoms with Gasteiger partial charge in [-0.05, 0) is 47.4 Å². The molecule has 1 N–H and O–H groups in total. The van der Waals surface area contributed by atoms with Crippen LogP contribution >= 0.6 is 12.2 Å². The molecule has 2 aromatic rings. The van der Waals surface area contributed by atoms with Crippen LogP contribution in [-0.2, 0) is 12.6 Å². The van der Waals surface area contributed by atoms with Crippen molar-refractivity contribution in [2.75, 3.05) is 5.32 Å². The van der Waals surface area contributed by atoms with Crippen LogP contribution < -0.4 is 5.32 Å². The van der Waals surface area contributed by atoms with E-state index in [0.717, 1.165) is 52.3 Å². The molecule has 0 spiro atoms. The lowest BCUT2D eigenvalue weighted by atomic mass is 9.97. The summed E-state index contributed by atoms with van der Waals surface area (Å²) in [5.41, 5.74) is 3.19. The molecule has 5 heteroatoms. The number of nitrogens with one attached hydrogen (secondary N) is 1. The molecule has 1 heterocycles. The molecule has 0 saturated heterocycles. The number of rotatable bonds is 1. The van der Waals surface area contributed by atoms with Crippen LogP contribution in [0.2, 0.25) is 0 Å². The molecule has 21 heavy (non-hydrogen) atoms. The van der Waals surface area contributed by atoms with E-state index in [9.17, 15) is 13.2 Å². The van der Waals surface area contributed by atoms with E-state index in [1.807, 2.05) is 18.2 Å². The summed E-state index contributed by atoms with van der Waals surface area (Å²) < 4.78 is 37.7. The SMILES string of the molecule is FC(F)(F)c1ccc(-c2ccc3c(c2)CCC(=S)N3)cc1. The van der Waals surface area contributed by atoms with E-state index in [1.165, 1.54) is 12.1 Å². The first-order chi connectivity index (χ1) is 9.93. The van der Waals surface area contributed by atoms with Crippen LogP contribution in [0.3, 0.4) is 0 Å². The monoisotopic (exact) mass is 307 g/mol. The van der Waals surface area contributed by atoms with Crippen molar-refractivity contribution in [3.8, 4) is 11.1 Å². The highest BCUT2D eigenvalue weighted by Crippen LogP contribution is 2.32. The van der Waals surface area contributed by atoms with E-state index < -0.39 is 11.7 Å². The smallest absolute Gasteiger partial charge is 0.350 e. The van der Waals surface area contributed by atoms with E-state index in [2.05, 4.69) is 5.32 Å². The van der Waals surface area contributed by atoms with Gasteiger partial charge in [0.2, 0.25) is 0 Å². The summed E-state index contributed by atoms with van der Waals surface area (Å²) in [4.78, 5) is 0.824. The standard InChI is InChI=1S/C16H12F3NS/c17-16(18,19)13-5-1-10(2-6-13)11-3-7-14-12(9-11)4-8-15(21)20-14/h1-3,5-7,9H,4,8H2,(H,20,21). The lowest BCUT2D eigenvalue weighted by Crippen LogP contribution is -2.16. The van der Waals surface area contributed by atoms with Gasteiger partial charge in [0, 0.05) is 12.1 Å². The second-order valence-corrected chi connectivity index (χ2v) is 5.49. The molecule has 3 rings (SSSR count). The first-order valence-corrected chi connectivity index (χ1v) is 6.95. The Morgan fingerprint density at radius 2 is 1.57 bits per heavy atom. The zero-order valence-electron chi connectivity index (χ0n) is 11.0. The summed E-state index contributed by atoms with van der Waals surface area (Å²) in [5, 5.41) is 3.15. The quantitative estimate of drug-likeness (QED) is 0.739. The van der Waals surface area contributed by atoms with Crippen LogP contribution in [0.1, 0.15) is 17.5 Å². The number of fused-ring (bicyclic) bond motifs is 1. The van der Waals surface area contributed by atoms with E-state index in [1.54, 1.807) is 0 Å². The summed E-state index contributed by atoms with van der Waals surface area (Å²) in [6.07, 6.45) is -2.64. The zero-order chi connectivity index (χ0) is 15.0. The lowest BCUT2D eigenvalue weighted by Gasteiger charge is -2.19. The van der Waals surface area contributed by atoms with Gasteiger partial charge in [-0.2, -0.15) is 13.2 Å². The fraction of sp³-hybridized carbons (Fsp3) is 0.188. The third-order valence-electron chi connectivity index (χ3n) is 3.55. The van der Waals surface area contributed by atoms with Gasteiger partial charge < -0.3 is 5.32 Å². The Bertz CT molecular complexity index is 690. The van der Waals surface area contributed by atoms with Gasteiger partial charge in [0.15, 0.2) is 0 Å². The molecular formula is C16H12F3NS. The van der Waals surface area contributed by atoms with Crippen LogP contribution in [-0.4, -0.2) is 4.99 Å². The van der Waals surface area contributed by atoms with Gasteiger partial charge in [0.25, 0.3) is 0 Å². The number of alkyl halides is 3. The molecule has 1 aliphatic rings. The van der Waals surface area contributed by atoms with Crippen molar-refractivity contribution in [2.45, 2.75) is 19.0 Å². The molecule has 1 aliphatic heterocycles. The molecular weight excluding hydrogens is 295 g/mol. The Kier molecular flexibility index (Phi) is 3.45. The predicted molar refractivity (Wildman–Crippen MR) is 81.4 cm³/mol. The summed E-state index contributed by atoms with van der Waals surface area (Å²) in [6, 6.07) is 11.1. The molecule has 0 amide bonds. The molecule has 0 fully saturated rings. The Labute approximate surface area is 125 Å². The van der Waals surface area contributed by atoms with Crippen molar-refractivity contribution in [3.63, 3.8) is 0 Å². The maximum atomic E-state index is 12.6. The van der Waals surface area contributed by atoms with Gasteiger partial charge in [-0.1, -0.05) is 30.4 Å². The van der Waals surface area contributed by atoms with Gasteiger partial charge in [0.1, 0.15) is 0 Å². The van der Waals surface area contributed by atoms with Gasteiger partial charge in [-0.15, -0.1) is 0 Å². The number of anilines is 1. The van der Waals surface area contributed by atoms with Gasteiger partial charge >= 0.3 is 6.18 Å². The molecule has 108 valence electrons. The third kappa shape index (κ3) is 2.93. The number of halogens is 3. The summed E-state index contributed by atoms with van der Waals surface area (Å²) >= 11 is 5.14. The fourth-order valence-electron chi connectivity index (χ4n) is 2.41. The molecule has 1 nitrogen and oxygen atoms in total. The zero-order valence-corrected chi connectivity index (χ0v) is 11.8. The highest BCUT2D eigenvalue weighted by Gasteiger charge is 2.30. The van der Waals surface area contributed by atoms with E-state index in [-0.39, 0.29) is 0 Å². The van der Waals surface area contributed by atoms with Crippen LogP contribution in [0.4, 0.5) is 18.9 Å². The maximum Gasteiger partial charge on any atom is 0.416 e. The first-order valence-electron chi connectivity index (χ1n) is 6.54. The van der Waals surface area contributed by atoms with Crippen molar-refractivity contribution < 1.29 is 13.2 Å². The minimum absolute atomic E-state index is 0.628. The number of hydrogen-bond acceptors (Lipinski definition) is 1. The van der Waals surface area contributed by atoms with E-state index in [4.69, 9.17) is 12.2 Å². The summed E-state index contributed by atoms with van der Waals surface area (Å²) in [6.45, 7) is 0. The Morgan fingerprint density at radius 1 is 0.905 bits per heavy atom. The topological polar surface area (TPSA) is 12.0 Å². The van der Waals surface area contributed by atoms with Crippen LogP contribution in [0, 0.1) is 0 Å². The number of benzene rings is 2. The molecule has 0 atom stereocenters. The van der Waals surface area contributed by atoms with Gasteiger partial charge in [-0.25, -0.2) is 0 Å². The second-order valence-electron chi connectivity index (χ2n) is 5.00. The summed E-state index contributed by atoms with van der Waals surface area (Å²) in [7, 11) is 0. The normalized spacial score (nSPS) is 14.5. The average Bonchev–Trinajstić information content (AvgIpc) is 2.46. The van der Waals surface area contributed by atoms with E-state index >= 15 is 0 Å². The lowest BCUT2D eigenvalue weighted by molar-refractivity contribution is -0.137. The van der Waals surface area contributed by atoms with Crippen molar-refractivity contribution in [1.29, 1.82) is 0 Å². The minimum Gasteiger partial charge on any atom is -0.350 e. The Hall–Kier alpha value is -1.88. The maximum absolute atomic E-state index is 12.6. The number of aryl methyl sites for hydroxylation is 1. The second kappa shape index (κ2) is 5.15. The first kappa shape index (κ1) is 14.1. The highest BCUT2D eigenvalue weighted by atomic mass is 32.1. The number of hydrogen-bond donors (Lipinski definition) is 1. The summed E-state index contributed by atoms with van der Waals surface area (Å²) in [5.74, 6) is 0.